The molecule has 1 saturated carbocycles. The number of halogens is 1. The SMILES string of the molecule is CN(C)Cc1cc(F)cc(OC2CCN(C3CC(CC#N)C(n4cc(-c5ncnc6[nH]ccc56)cn4)C3)CC2)c1. The average molecular weight is 543 g/mol. The molecule has 2 aliphatic rings. The molecule has 6 rings (SSSR count). The maximum atomic E-state index is 14.2. The van der Waals surface area contributed by atoms with Gasteiger partial charge in [-0.05, 0) is 69.5 Å². The first-order chi connectivity index (χ1) is 19.5. The van der Waals surface area contributed by atoms with Crippen LogP contribution in [0.2, 0.25) is 0 Å². The zero-order chi connectivity index (χ0) is 27.6. The second-order valence-corrected chi connectivity index (χ2v) is 11.4. The van der Waals surface area contributed by atoms with Crippen molar-refractivity contribution in [2.45, 2.75) is 56.8 Å². The van der Waals surface area contributed by atoms with E-state index in [-0.39, 0.29) is 23.9 Å². The van der Waals surface area contributed by atoms with Crippen LogP contribution in [0.1, 0.15) is 43.7 Å². The fourth-order valence-electron chi connectivity index (χ4n) is 6.47. The molecule has 3 aromatic heterocycles. The highest BCUT2D eigenvalue weighted by Crippen LogP contribution is 2.41. The number of fused-ring (bicyclic) bond motifs is 1. The number of aromatic amines is 1. The molecule has 9 nitrogen and oxygen atoms in total. The van der Waals surface area contributed by atoms with Crippen LogP contribution >= 0.6 is 0 Å². The standard InChI is InChI=1S/C30H35FN8O/c1-37(2)17-20-11-23(31)14-26(12-20)40-25-5-9-38(10-6-25)24-13-21(3-7-32)28(15-24)39-18-22(16-36-39)29-27-4-8-33-30(27)35-19-34-29/h4,8,11-12,14,16,18-19,21,24-25,28H,3,5-6,9-10,13,15,17H2,1-2H3,(H,33,34,35). The lowest BCUT2D eigenvalue weighted by molar-refractivity contribution is 0.0747. The summed E-state index contributed by atoms with van der Waals surface area (Å²) >= 11 is 0. The highest BCUT2D eigenvalue weighted by Gasteiger charge is 2.39. The summed E-state index contributed by atoms with van der Waals surface area (Å²) in [6, 6.07) is 9.96. The van der Waals surface area contributed by atoms with Crippen molar-refractivity contribution in [1.29, 1.82) is 5.26 Å². The molecule has 4 aromatic rings. The van der Waals surface area contributed by atoms with Crippen molar-refractivity contribution in [1.82, 2.24) is 34.5 Å². The van der Waals surface area contributed by atoms with Crippen LogP contribution in [0.3, 0.4) is 0 Å². The van der Waals surface area contributed by atoms with Gasteiger partial charge in [0.05, 0.1) is 24.0 Å². The smallest absolute Gasteiger partial charge is 0.141 e. The summed E-state index contributed by atoms with van der Waals surface area (Å²) in [7, 11) is 3.94. The van der Waals surface area contributed by atoms with Gasteiger partial charge in [0.1, 0.15) is 29.6 Å². The molecule has 0 radical (unpaired) electrons. The molecule has 0 bridgehead atoms. The molecule has 2 fully saturated rings. The zero-order valence-corrected chi connectivity index (χ0v) is 23.0. The van der Waals surface area contributed by atoms with Gasteiger partial charge in [-0.15, -0.1) is 0 Å². The van der Waals surface area contributed by atoms with Crippen LogP contribution < -0.4 is 4.74 Å². The summed E-state index contributed by atoms with van der Waals surface area (Å²) in [6.07, 6.45) is 11.7. The predicted octanol–water partition coefficient (Wildman–Crippen LogP) is 4.80. The van der Waals surface area contributed by atoms with Crippen LogP contribution in [0, 0.1) is 23.1 Å². The topological polar surface area (TPSA) is 98.9 Å². The summed E-state index contributed by atoms with van der Waals surface area (Å²) in [5.41, 5.74) is 3.53. The Morgan fingerprint density at radius 1 is 1.18 bits per heavy atom. The first-order valence-corrected chi connectivity index (χ1v) is 14.0. The number of nitriles is 1. The second kappa shape index (κ2) is 11.4. The summed E-state index contributed by atoms with van der Waals surface area (Å²) in [5.74, 6) is 0.601. The Morgan fingerprint density at radius 3 is 2.83 bits per heavy atom. The number of nitrogens with one attached hydrogen (secondary N) is 1. The van der Waals surface area contributed by atoms with Crippen LogP contribution in [0.5, 0.6) is 5.75 Å². The van der Waals surface area contributed by atoms with Gasteiger partial charge in [0, 0.05) is 61.5 Å². The number of likely N-dealkylation sites (tertiary alicyclic amines) is 1. The van der Waals surface area contributed by atoms with Crippen molar-refractivity contribution in [2.24, 2.45) is 5.92 Å². The summed E-state index contributed by atoms with van der Waals surface area (Å²) in [6.45, 7) is 2.53. The Kier molecular flexibility index (Phi) is 7.50. The van der Waals surface area contributed by atoms with E-state index in [2.05, 4.69) is 32.1 Å². The van der Waals surface area contributed by atoms with Gasteiger partial charge in [0.2, 0.25) is 0 Å². The molecular formula is C30H35FN8O. The lowest BCUT2D eigenvalue weighted by Gasteiger charge is -2.36. The van der Waals surface area contributed by atoms with Gasteiger partial charge in [-0.2, -0.15) is 10.4 Å². The van der Waals surface area contributed by atoms with Crippen molar-refractivity contribution < 1.29 is 9.13 Å². The highest BCUT2D eigenvalue weighted by atomic mass is 19.1. The number of rotatable bonds is 8. The van der Waals surface area contributed by atoms with Gasteiger partial charge in [-0.1, -0.05) is 0 Å². The first kappa shape index (κ1) is 26.4. The van der Waals surface area contributed by atoms with E-state index >= 15 is 0 Å². The molecule has 10 heteroatoms. The van der Waals surface area contributed by atoms with E-state index in [4.69, 9.17) is 9.84 Å². The number of piperidine rings is 1. The highest BCUT2D eigenvalue weighted by molar-refractivity contribution is 5.89. The number of ether oxygens (including phenoxy) is 1. The maximum Gasteiger partial charge on any atom is 0.141 e. The van der Waals surface area contributed by atoms with Gasteiger partial charge in [-0.25, -0.2) is 14.4 Å². The van der Waals surface area contributed by atoms with E-state index in [1.54, 1.807) is 12.4 Å². The lowest BCUT2D eigenvalue weighted by Crippen LogP contribution is -2.43. The minimum absolute atomic E-state index is 0.0733. The summed E-state index contributed by atoms with van der Waals surface area (Å²) < 4.78 is 22.5. The second-order valence-electron chi connectivity index (χ2n) is 11.4. The quantitative estimate of drug-likeness (QED) is 0.342. The molecule has 1 aliphatic heterocycles. The number of aromatic nitrogens is 5. The number of H-pyrrole nitrogens is 1. The molecule has 0 amide bonds. The van der Waals surface area contributed by atoms with Crippen LogP contribution in [0.4, 0.5) is 4.39 Å². The fraction of sp³-hybridized carbons (Fsp3) is 0.467. The van der Waals surface area contributed by atoms with E-state index < -0.39 is 0 Å². The minimum atomic E-state index is -0.258. The van der Waals surface area contributed by atoms with Gasteiger partial charge in [0.25, 0.3) is 0 Å². The van der Waals surface area contributed by atoms with Crippen molar-refractivity contribution >= 4 is 11.0 Å². The van der Waals surface area contributed by atoms with Gasteiger partial charge >= 0.3 is 0 Å². The van der Waals surface area contributed by atoms with Crippen LogP contribution in [-0.4, -0.2) is 73.9 Å². The van der Waals surface area contributed by atoms with Gasteiger partial charge < -0.3 is 19.5 Å². The Bertz CT molecular complexity index is 1500. The van der Waals surface area contributed by atoms with E-state index in [1.165, 1.54) is 6.07 Å². The third kappa shape index (κ3) is 5.58. The monoisotopic (exact) mass is 542 g/mol. The van der Waals surface area contributed by atoms with Gasteiger partial charge in [-0.3, -0.25) is 4.68 Å². The van der Waals surface area contributed by atoms with E-state index in [9.17, 15) is 9.65 Å². The molecule has 208 valence electrons. The van der Waals surface area contributed by atoms with E-state index in [1.807, 2.05) is 48.2 Å². The van der Waals surface area contributed by atoms with E-state index in [0.29, 0.717) is 24.8 Å². The minimum Gasteiger partial charge on any atom is -0.490 e. The number of hydrogen-bond donors (Lipinski definition) is 1. The Balaban J connectivity index is 1.10. The predicted molar refractivity (Wildman–Crippen MR) is 150 cm³/mol. The fourth-order valence-corrected chi connectivity index (χ4v) is 6.47. The van der Waals surface area contributed by atoms with E-state index in [0.717, 1.165) is 66.6 Å². The average Bonchev–Trinajstić information content (AvgIpc) is 3.68. The molecule has 1 aliphatic carbocycles. The molecule has 3 atom stereocenters. The summed E-state index contributed by atoms with van der Waals surface area (Å²) in [4.78, 5) is 16.5. The molecular weight excluding hydrogens is 507 g/mol. The maximum absolute atomic E-state index is 14.2. The Hall–Kier alpha value is -3.81. The zero-order valence-electron chi connectivity index (χ0n) is 23.0. The third-order valence-electron chi connectivity index (χ3n) is 8.28. The molecule has 1 saturated heterocycles. The molecule has 1 N–H and O–H groups in total. The summed E-state index contributed by atoms with van der Waals surface area (Å²) in [5, 5.41) is 15.3. The van der Waals surface area contributed by atoms with Crippen molar-refractivity contribution in [2.75, 3.05) is 27.2 Å². The lowest BCUT2D eigenvalue weighted by atomic mass is 10.00. The van der Waals surface area contributed by atoms with Crippen LogP contribution in [0.15, 0.2) is 49.2 Å². The molecule has 1 aromatic carbocycles. The molecule has 3 unspecified atom stereocenters. The Morgan fingerprint density at radius 2 is 2.02 bits per heavy atom. The number of hydrogen-bond acceptors (Lipinski definition) is 7. The van der Waals surface area contributed by atoms with Crippen molar-refractivity contribution in [3.8, 4) is 23.1 Å². The Labute approximate surface area is 233 Å². The van der Waals surface area contributed by atoms with Crippen molar-refractivity contribution in [3.63, 3.8) is 0 Å². The third-order valence-corrected chi connectivity index (χ3v) is 8.28. The first-order valence-electron chi connectivity index (χ1n) is 14.0. The molecule has 4 heterocycles. The van der Waals surface area contributed by atoms with Gasteiger partial charge in [0.15, 0.2) is 0 Å². The number of nitrogens with zero attached hydrogens (tertiary/aromatic N) is 7. The molecule has 0 spiro atoms. The van der Waals surface area contributed by atoms with Crippen LogP contribution in [0.25, 0.3) is 22.3 Å². The van der Waals surface area contributed by atoms with Crippen molar-refractivity contribution in [3.05, 3.63) is 60.6 Å². The number of benzene rings is 1. The largest absolute Gasteiger partial charge is 0.490 e. The normalized spacial score (nSPS) is 22.2. The molecule has 40 heavy (non-hydrogen) atoms. The van der Waals surface area contributed by atoms with Crippen LogP contribution in [-0.2, 0) is 6.54 Å².